The van der Waals surface area contributed by atoms with E-state index in [0.29, 0.717) is 67.6 Å². The highest BCUT2D eigenvalue weighted by atomic mass is 35.5. The molecule has 14 heteroatoms. The summed E-state index contributed by atoms with van der Waals surface area (Å²) in [7, 11) is 1.28. The molecular weight excluding hydrogens is 690 g/mol. The highest BCUT2D eigenvalue weighted by Crippen LogP contribution is 2.47. The Balaban J connectivity index is 1.13. The van der Waals surface area contributed by atoms with Crippen molar-refractivity contribution in [3.8, 4) is 5.75 Å². The quantitative estimate of drug-likeness (QED) is 0.0770. The molecule has 1 aliphatic rings. The summed E-state index contributed by atoms with van der Waals surface area (Å²) >= 11 is 6.40. The Bertz CT molecular complexity index is 2420. The normalized spacial score (nSPS) is 14.7. The van der Waals surface area contributed by atoms with Gasteiger partial charge in [-0.3, -0.25) is 14.4 Å². The lowest BCUT2D eigenvalue weighted by Crippen LogP contribution is -2.36. The van der Waals surface area contributed by atoms with Gasteiger partial charge in [0.15, 0.2) is 17.1 Å². The van der Waals surface area contributed by atoms with Crippen molar-refractivity contribution < 1.29 is 37.9 Å². The Kier molecular flexibility index (Phi) is 8.93. The van der Waals surface area contributed by atoms with Crippen LogP contribution >= 0.6 is 11.6 Å². The van der Waals surface area contributed by atoms with Crippen molar-refractivity contribution in [2.24, 2.45) is 11.7 Å². The van der Waals surface area contributed by atoms with Crippen LogP contribution in [-0.4, -0.2) is 59.4 Å². The number of benzene rings is 3. The first kappa shape index (κ1) is 34.6. The Morgan fingerprint density at radius 1 is 1.06 bits per heavy atom. The second-order valence-corrected chi connectivity index (χ2v) is 13.6. The van der Waals surface area contributed by atoms with Crippen molar-refractivity contribution >= 4 is 85.2 Å². The number of rotatable bonds is 9. The number of aryl methyl sites for hydroxylation is 1. The average Bonchev–Trinajstić information content (AvgIpc) is 3.90. The SMILES string of the molecule is COC(=O)c1c(C)[nH]c2c(O)cc3c(c12)[C@H](CCl)CN3C(=O)c1cc2cc(NC(=O)c3cc4cccc(NC(=O)[C@@H](N)CC(C)C)c4o3)ccc2o1. The van der Waals surface area contributed by atoms with E-state index in [0.717, 1.165) is 0 Å². The first-order valence-corrected chi connectivity index (χ1v) is 17.2. The van der Waals surface area contributed by atoms with Gasteiger partial charge in [-0.2, -0.15) is 0 Å². The van der Waals surface area contributed by atoms with E-state index < -0.39 is 23.8 Å². The van der Waals surface area contributed by atoms with Crippen molar-refractivity contribution in [1.82, 2.24) is 4.98 Å². The number of halogens is 1. The van der Waals surface area contributed by atoms with Crippen LogP contribution in [0.25, 0.3) is 32.8 Å². The van der Waals surface area contributed by atoms with E-state index in [1.54, 1.807) is 55.5 Å². The van der Waals surface area contributed by atoms with E-state index >= 15 is 0 Å². The van der Waals surface area contributed by atoms with Gasteiger partial charge in [-0.05, 0) is 61.2 Å². The molecule has 3 aromatic heterocycles. The summed E-state index contributed by atoms with van der Waals surface area (Å²) in [5.41, 5.74) is 9.82. The number of aromatic hydroxyl groups is 1. The maximum Gasteiger partial charge on any atom is 0.340 e. The minimum absolute atomic E-state index is 0.0256. The third kappa shape index (κ3) is 6.01. The number of nitrogens with one attached hydrogen (secondary N) is 3. The number of alkyl halides is 1. The van der Waals surface area contributed by atoms with Gasteiger partial charge in [0, 0.05) is 51.9 Å². The number of hydrogen-bond donors (Lipinski definition) is 5. The van der Waals surface area contributed by atoms with Crippen LogP contribution < -0.4 is 21.3 Å². The fraction of sp³-hybridized carbons (Fsp3) is 0.263. The number of carbonyl (C=O) groups is 4. The first-order chi connectivity index (χ1) is 24.9. The van der Waals surface area contributed by atoms with Crippen LogP contribution in [0.15, 0.2) is 63.4 Å². The smallest absolute Gasteiger partial charge is 0.340 e. The van der Waals surface area contributed by atoms with Crippen LogP contribution in [0.4, 0.5) is 17.1 Å². The first-order valence-electron chi connectivity index (χ1n) is 16.7. The number of fused-ring (bicyclic) bond motifs is 5. The number of anilines is 3. The number of nitrogens with two attached hydrogens (primary N) is 1. The van der Waals surface area contributed by atoms with Crippen molar-refractivity contribution in [2.75, 3.05) is 35.1 Å². The summed E-state index contributed by atoms with van der Waals surface area (Å²) in [6.45, 7) is 5.86. The number of aromatic nitrogens is 1. The highest BCUT2D eigenvalue weighted by molar-refractivity contribution is 6.20. The summed E-state index contributed by atoms with van der Waals surface area (Å²) in [5.74, 6) is -1.96. The van der Waals surface area contributed by atoms with Crippen LogP contribution in [0.3, 0.4) is 0 Å². The zero-order chi connectivity index (χ0) is 37.0. The number of aromatic amines is 1. The maximum absolute atomic E-state index is 14.0. The van der Waals surface area contributed by atoms with Gasteiger partial charge in [0.1, 0.15) is 11.3 Å². The maximum atomic E-state index is 14.0. The zero-order valence-corrected chi connectivity index (χ0v) is 29.5. The fourth-order valence-electron chi connectivity index (χ4n) is 6.88. The number of carbonyl (C=O) groups excluding carboxylic acids is 4. The Morgan fingerprint density at radius 2 is 1.83 bits per heavy atom. The van der Waals surface area contributed by atoms with Crippen LogP contribution in [0, 0.1) is 12.8 Å². The van der Waals surface area contributed by atoms with Crippen LogP contribution in [-0.2, 0) is 9.53 Å². The van der Waals surface area contributed by atoms with E-state index in [2.05, 4.69) is 15.6 Å². The number of para-hydroxylation sites is 1. The molecule has 0 unspecified atom stereocenters. The number of H-pyrrole nitrogens is 1. The third-order valence-electron chi connectivity index (χ3n) is 9.26. The molecule has 0 saturated carbocycles. The van der Waals surface area contributed by atoms with Gasteiger partial charge in [-0.1, -0.05) is 26.0 Å². The summed E-state index contributed by atoms with van der Waals surface area (Å²) in [4.78, 5) is 57.2. The zero-order valence-electron chi connectivity index (χ0n) is 28.8. The van der Waals surface area contributed by atoms with E-state index in [4.69, 9.17) is 30.9 Å². The van der Waals surface area contributed by atoms with Gasteiger partial charge < -0.3 is 44.9 Å². The average molecular weight is 726 g/mol. The number of nitrogens with zero attached hydrogens (tertiary/aromatic N) is 1. The number of furan rings is 2. The minimum atomic E-state index is -0.690. The van der Waals surface area contributed by atoms with E-state index in [9.17, 15) is 24.3 Å². The second kappa shape index (κ2) is 13.4. The third-order valence-corrected chi connectivity index (χ3v) is 9.63. The summed E-state index contributed by atoms with van der Waals surface area (Å²) in [5, 5.41) is 18.2. The molecule has 268 valence electrons. The van der Waals surface area contributed by atoms with Crippen LogP contribution in [0.5, 0.6) is 5.75 Å². The molecule has 0 fully saturated rings. The number of phenols is 1. The van der Waals surface area contributed by atoms with Crippen LogP contribution in [0.2, 0.25) is 0 Å². The van der Waals surface area contributed by atoms with Crippen molar-refractivity contribution in [1.29, 1.82) is 0 Å². The molecule has 0 radical (unpaired) electrons. The van der Waals surface area contributed by atoms with Gasteiger partial charge >= 0.3 is 5.97 Å². The van der Waals surface area contributed by atoms with E-state index in [1.165, 1.54) is 18.1 Å². The van der Waals surface area contributed by atoms with Crippen LogP contribution in [0.1, 0.15) is 68.9 Å². The number of esters is 1. The molecule has 4 heterocycles. The standard InChI is InChI=1S/C38H36ClN5O8/c1-17(2)10-23(40)35(46)43-24-7-5-6-19-12-28(52-34(19)24)36(47)42-22-8-9-27-20(11-22)13-29(51-27)37(48)44-16-21(15-39)31-25(44)14-26(45)33-32(31)30(18(3)41-33)38(49)50-4/h5-9,11-14,17,21,23,41,45H,10,15-16,40H2,1-4H3,(H,42,47)(H,43,46)/t21-,23+/m1/s1. The minimum Gasteiger partial charge on any atom is -0.506 e. The molecule has 6 aromatic rings. The Morgan fingerprint density at radius 3 is 2.56 bits per heavy atom. The second-order valence-electron chi connectivity index (χ2n) is 13.3. The highest BCUT2D eigenvalue weighted by Gasteiger charge is 2.38. The predicted molar refractivity (Wildman–Crippen MR) is 198 cm³/mol. The summed E-state index contributed by atoms with van der Waals surface area (Å²) in [6.07, 6.45) is 0.520. The molecule has 0 spiro atoms. The largest absolute Gasteiger partial charge is 0.506 e. The molecule has 6 N–H and O–H groups in total. The Hall–Kier alpha value is -5.79. The molecular formula is C38H36ClN5O8. The van der Waals surface area contributed by atoms with Crippen molar-refractivity contribution in [3.63, 3.8) is 0 Å². The molecule has 7 rings (SSSR count). The number of amides is 3. The topological polar surface area (TPSA) is 193 Å². The van der Waals surface area contributed by atoms with Gasteiger partial charge in [-0.25, -0.2) is 4.79 Å². The predicted octanol–water partition coefficient (Wildman–Crippen LogP) is 7.01. The monoisotopic (exact) mass is 725 g/mol. The number of hydrogen-bond acceptors (Lipinski definition) is 9. The molecule has 52 heavy (non-hydrogen) atoms. The van der Waals surface area contributed by atoms with Gasteiger partial charge in [0.05, 0.1) is 35.6 Å². The molecule has 3 amide bonds. The summed E-state index contributed by atoms with van der Waals surface area (Å²) < 4.78 is 16.9. The van der Waals surface area contributed by atoms with E-state index in [1.807, 2.05) is 13.8 Å². The molecule has 1 aliphatic heterocycles. The molecule has 0 saturated heterocycles. The lowest BCUT2D eigenvalue weighted by Gasteiger charge is -2.16. The number of methoxy groups -OCH3 is 1. The molecule has 3 aromatic carbocycles. The molecule has 2 atom stereocenters. The molecule has 0 bridgehead atoms. The number of phenolic OH excluding ortho intramolecular Hbond substituents is 1. The van der Waals surface area contributed by atoms with E-state index in [-0.39, 0.29) is 53.0 Å². The number of ether oxygens (including phenoxy) is 1. The van der Waals surface area contributed by atoms with Crippen molar-refractivity contribution in [2.45, 2.75) is 39.2 Å². The van der Waals surface area contributed by atoms with Crippen molar-refractivity contribution in [3.05, 3.63) is 82.9 Å². The summed E-state index contributed by atoms with van der Waals surface area (Å²) in [6, 6.07) is 14.1. The Labute approximate surface area is 302 Å². The van der Waals surface area contributed by atoms with Gasteiger partial charge in [0.25, 0.3) is 11.8 Å². The lowest BCUT2D eigenvalue weighted by molar-refractivity contribution is -0.117. The van der Waals surface area contributed by atoms with Gasteiger partial charge in [0.2, 0.25) is 5.91 Å². The van der Waals surface area contributed by atoms with Gasteiger partial charge in [-0.15, -0.1) is 11.6 Å². The molecule has 13 nitrogen and oxygen atoms in total. The lowest BCUT2D eigenvalue weighted by atomic mass is 9.95. The molecule has 0 aliphatic carbocycles. The fourth-order valence-corrected chi connectivity index (χ4v) is 7.13.